The third-order valence-corrected chi connectivity index (χ3v) is 5.41. The number of aromatic nitrogens is 1. The largest absolute Gasteiger partial charge is 0.317 e. The van der Waals surface area contributed by atoms with E-state index in [9.17, 15) is 4.39 Å². The van der Waals surface area contributed by atoms with E-state index in [1.54, 1.807) is 0 Å². The van der Waals surface area contributed by atoms with Crippen LogP contribution in [0.15, 0.2) is 48.7 Å². The first-order valence-electron chi connectivity index (χ1n) is 9.25. The van der Waals surface area contributed by atoms with Crippen LogP contribution in [0.5, 0.6) is 0 Å². The Labute approximate surface area is 148 Å². The maximum atomic E-state index is 13.4. The number of nitrogens with one attached hydrogen (secondary N) is 1. The van der Waals surface area contributed by atoms with Crippen molar-refractivity contribution in [3.05, 3.63) is 65.6 Å². The molecule has 1 aliphatic heterocycles. The van der Waals surface area contributed by atoms with Crippen LogP contribution >= 0.6 is 0 Å². The highest BCUT2D eigenvalue weighted by atomic mass is 19.1. The smallest absolute Gasteiger partial charge is 0.123 e. The minimum absolute atomic E-state index is 0.193. The molecule has 0 radical (unpaired) electrons. The van der Waals surface area contributed by atoms with Crippen molar-refractivity contribution in [2.75, 3.05) is 13.1 Å². The third-order valence-electron chi connectivity index (χ3n) is 5.41. The third kappa shape index (κ3) is 3.09. The van der Waals surface area contributed by atoms with Crippen LogP contribution in [-0.4, -0.2) is 17.7 Å². The van der Waals surface area contributed by atoms with Gasteiger partial charge in [0.2, 0.25) is 0 Å². The van der Waals surface area contributed by atoms with Gasteiger partial charge in [0.25, 0.3) is 0 Å². The Morgan fingerprint density at radius 1 is 1.04 bits per heavy atom. The molecule has 1 saturated heterocycles. The van der Waals surface area contributed by atoms with Gasteiger partial charge in [0.15, 0.2) is 0 Å². The topological polar surface area (TPSA) is 17.0 Å². The lowest BCUT2D eigenvalue weighted by atomic mass is 9.89. The van der Waals surface area contributed by atoms with Crippen molar-refractivity contribution >= 4 is 10.9 Å². The SMILES string of the molecule is CC(C)c1ccc2c(C3CCNCC3)cn(-c3ccc(F)cc3)c2c1. The van der Waals surface area contributed by atoms with E-state index in [1.807, 2.05) is 12.1 Å². The fourth-order valence-corrected chi connectivity index (χ4v) is 3.90. The number of hydrogen-bond donors (Lipinski definition) is 1. The van der Waals surface area contributed by atoms with Crippen LogP contribution in [0, 0.1) is 5.82 Å². The summed E-state index contributed by atoms with van der Waals surface area (Å²) in [6, 6.07) is 13.6. The van der Waals surface area contributed by atoms with Gasteiger partial charge in [0.1, 0.15) is 5.82 Å². The molecule has 0 atom stereocenters. The zero-order chi connectivity index (χ0) is 17.4. The van der Waals surface area contributed by atoms with Crippen LogP contribution in [0.25, 0.3) is 16.6 Å². The highest BCUT2D eigenvalue weighted by Gasteiger charge is 2.21. The zero-order valence-corrected chi connectivity index (χ0v) is 14.9. The predicted octanol–water partition coefficient (Wildman–Crippen LogP) is 5.36. The average Bonchev–Trinajstić information content (AvgIpc) is 3.02. The van der Waals surface area contributed by atoms with Crippen LogP contribution < -0.4 is 5.32 Å². The monoisotopic (exact) mass is 336 g/mol. The summed E-state index contributed by atoms with van der Waals surface area (Å²) in [5, 5.41) is 4.79. The zero-order valence-electron chi connectivity index (χ0n) is 14.9. The second-order valence-corrected chi connectivity index (χ2v) is 7.39. The molecule has 2 aromatic carbocycles. The van der Waals surface area contributed by atoms with Gasteiger partial charge in [-0.15, -0.1) is 0 Å². The summed E-state index contributed by atoms with van der Waals surface area (Å²) in [6.07, 6.45) is 4.63. The number of piperidine rings is 1. The molecule has 0 bridgehead atoms. The Hall–Kier alpha value is -2.13. The van der Waals surface area contributed by atoms with Crippen LogP contribution in [0.4, 0.5) is 4.39 Å². The van der Waals surface area contributed by atoms with Crippen molar-refractivity contribution in [3.8, 4) is 5.69 Å². The van der Waals surface area contributed by atoms with Gasteiger partial charge < -0.3 is 9.88 Å². The first-order chi connectivity index (χ1) is 12.1. The van der Waals surface area contributed by atoms with Gasteiger partial charge in [-0.05, 0) is 79.2 Å². The van der Waals surface area contributed by atoms with E-state index in [1.165, 1.54) is 47.0 Å². The highest BCUT2D eigenvalue weighted by molar-refractivity contribution is 5.87. The number of benzene rings is 2. The lowest BCUT2D eigenvalue weighted by molar-refractivity contribution is 0.462. The number of hydrogen-bond acceptors (Lipinski definition) is 1. The van der Waals surface area contributed by atoms with Crippen LogP contribution in [-0.2, 0) is 0 Å². The minimum Gasteiger partial charge on any atom is -0.317 e. The number of halogens is 1. The van der Waals surface area contributed by atoms with Crippen LogP contribution in [0.3, 0.4) is 0 Å². The molecule has 25 heavy (non-hydrogen) atoms. The molecule has 0 unspecified atom stereocenters. The van der Waals surface area contributed by atoms with Gasteiger partial charge in [-0.3, -0.25) is 0 Å². The standard InChI is InChI=1S/C22H25FN2/c1-15(2)17-3-8-20-21(16-9-11-24-12-10-16)14-25(22(20)13-17)19-6-4-18(23)5-7-19/h3-8,13-16,24H,9-12H2,1-2H3. The lowest BCUT2D eigenvalue weighted by Gasteiger charge is -2.22. The summed E-state index contributed by atoms with van der Waals surface area (Å²) >= 11 is 0. The molecule has 4 rings (SSSR count). The van der Waals surface area contributed by atoms with Crippen molar-refractivity contribution in [3.63, 3.8) is 0 Å². The first kappa shape index (κ1) is 16.3. The van der Waals surface area contributed by atoms with E-state index in [0.29, 0.717) is 11.8 Å². The summed E-state index contributed by atoms with van der Waals surface area (Å²) < 4.78 is 15.6. The number of nitrogens with zero attached hydrogens (tertiary/aromatic N) is 1. The summed E-state index contributed by atoms with van der Waals surface area (Å²) in [6.45, 7) is 6.61. The first-order valence-corrected chi connectivity index (χ1v) is 9.25. The molecule has 1 aliphatic rings. The van der Waals surface area contributed by atoms with Crippen molar-refractivity contribution in [1.29, 1.82) is 0 Å². The Kier molecular flexibility index (Phi) is 4.34. The Bertz CT molecular complexity index is 871. The van der Waals surface area contributed by atoms with Gasteiger partial charge >= 0.3 is 0 Å². The molecular formula is C22H25FN2. The van der Waals surface area contributed by atoms with E-state index in [4.69, 9.17) is 0 Å². The van der Waals surface area contributed by atoms with Crippen molar-refractivity contribution < 1.29 is 4.39 Å². The van der Waals surface area contributed by atoms with Gasteiger partial charge in [-0.2, -0.15) is 0 Å². The quantitative estimate of drug-likeness (QED) is 0.681. The summed E-state index contributed by atoms with van der Waals surface area (Å²) in [5.41, 5.74) is 5.01. The Morgan fingerprint density at radius 3 is 2.44 bits per heavy atom. The Morgan fingerprint density at radius 2 is 1.76 bits per heavy atom. The van der Waals surface area contributed by atoms with Gasteiger partial charge in [0, 0.05) is 17.3 Å². The molecule has 0 amide bonds. The molecule has 3 aromatic rings. The second kappa shape index (κ2) is 6.64. The fraction of sp³-hybridized carbons (Fsp3) is 0.364. The molecule has 3 heteroatoms. The lowest BCUT2D eigenvalue weighted by Crippen LogP contribution is -2.26. The molecule has 2 nitrogen and oxygen atoms in total. The van der Waals surface area contributed by atoms with Crippen molar-refractivity contribution in [2.24, 2.45) is 0 Å². The number of rotatable bonds is 3. The summed E-state index contributed by atoms with van der Waals surface area (Å²) in [4.78, 5) is 0. The van der Waals surface area contributed by atoms with E-state index in [0.717, 1.165) is 18.8 Å². The normalized spacial score (nSPS) is 16.0. The summed E-state index contributed by atoms with van der Waals surface area (Å²) in [7, 11) is 0. The second-order valence-electron chi connectivity index (χ2n) is 7.39. The molecule has 0 aliphatic carbocycles. The molecule has 130 valence electrons. The maximum absolute atomic E-state index is 13.4. The van der Waals surface area contributed by atoms with Crippen LogP contribution in [0.1, 0.15) is 49.7 Å². The van der Waals surface area contributed by atoms with E-state index in [2.05, 4.69) is 48.1 Å². The highest BCUT2D eigenvalue weighted by Crippen LogP contribution is 2.35. The molecule has 1 N–H and O–H groups in total. The Balaban J connectivity index is 1.90. The fourth-order valence-electron chi connectivity index (χ4n) is 3.90. The molecule has 1 aromatic heterocycles. The van der Waals surface area contributed by atoms with Gasteiger partial charge in [-0.25, -0.2) is 4.39 Å². The molecule has 0 spiro atoms. The van der Waals surface area contributed by atoms with E-state index >= 15 is 0 Å². The molecule has 0 saturated carbocycles. The van der Waals surface area contributed by atoms with E-state index < -0.39 is 0 Å². The molecule has 2 heterocycles. The summed E-state index contributed by atoms with van der Waals surface area (Å²) in [5.74, 6) is 0.889. The van der Waals surface area contributed by atoms with Gasteiger partial charge in [-0.1, -0.05) is 26.0 Å². The number of fused-ring (bicyclic) bond motifs is 1. The average molecular weight is 336 g/mol. The molecular weight excluding hydrogens is 311 g/mol. The van der Waals surface area contributed by atoms with Crippen molar-refractivity contribution in [1.82, 2.24) is 9.88 Å². The van der Waals surface area contributed by atoms with E-state index in [-0.39, 0.29) is 5.82 Å². The maximum Gasteiger partial charge on any atom is 0.123 e. The van der Waals surface area contributed by atoms with Gasteiger partial charge in [0.05, 0.1) is 5.52 Å². The van der Waals surface area contributed by atoms with Crippen LogP contribution in [0.2, 0.25) is 0 Å². The minimum atomic E-state index is -0.193. The molecule has 1 fully saturated rings. The van der Waals surface area contributed by atoms with Crippen molar-refractivity contribution in [2.45, 2.75) is 38.5 Å². The predicted molar refractivity (Wildman–Crippen MR) is 102 cm³/mol.